The summed E-state index contributed by atoms with van der Waals surface area (Å²) in [6, 6.07) is 0. The third-order valence-corrected chi connectivity index (χ3v) is 0. The molecule has 0 unspecified atom stereocenters. The SMILES string of the molecule is C=CC.O=P. The van der Waals surface area contributed by atoms with Crippen molar-refractivity contribution in [2.45, 2.75) is 6.92 Å². The zero-order valence-electron chi connectivity index (χ0n) is 3.19. The van der Waals surface area contributed by atoms with Crippen LogP contribution in [0.1, 0.15) is 6.92 Å². The lowest BCUT2D eigenvalue weighted by Gasteiger charge is -1.31. The molecule has 0 N–H and O–H groups in total. The van der Waals surface area contributed by atoms with Gasteiger partial charge in [-0.3, -0.25) is 4.57 Å². The fourth-order valence-corrected chi connectivity index (χ4v) is 0. The van der Waals surface area contributed by atoms with Crippen molar-refractivity contribution in [3.63, 3.8) is 0 Å². The molecular weight excluding hydrogens is 83.0 g/mol. The number of allylic oxidation sites excluding steroid dienone is 1. The van der Waals surface area contributed by atoms with E-state index < -0.39 is 0 Å². The highest BCUT2D eigenvalue weighted by Crippen LogP contribution is 1.38. The fraction of sp³-hybridized carbons (Fsp3) is 0.333. The zero-order chi connectivity index (χ0) is 4.71. The van der Waals surface area contributed by atoms with Crippen LogP contribution in [0.15, 0.2) is 12.7 Å². The lowest BCUT2D eigenvalue weighted by Crippen LogP contribution is -1.07. The van der Waals surface area contributed by atoms with Crippen molar-refractivity contribution < 1.29 is 4.57 Å². The van der Waals surface area contributed by atoms with Gasteiger partial charge in [-0.1, -0.05) is 6.08 Å². The largest absolute Gasteiger partial charge is 0.279 e. The van der Waals surface area contributed by atoms with Crippen molar-refractivity contribution in [3.05, 3.63) is 12.7 Å². The van der Waals surface area contributed by atoms with Crippen LogP contribution in [0.4, 0.5) is 0 Å². The molecule has 30 valence electrons. The maximum atomic E-state index is 8.06. The topological polar surface area (TPSA) is 17.1 Å². The molecule has 0 aromatic rings. The van der Waals surface area contributed by atoms with Crippen molar-refractivity contribution in [1.29, 1.82) is 0 Å². The molecule has 0 fully saturated rings. The standard InChI is InChI=1S/C3H6.HOP/c1-3-2;1-2/h3H,1H2,2H3;2H. The van der Waals surface area contributed by atoms with Crippen LogP contribution in [0, 0.1) is 0 Å². The van der Waals surface area contributed by atoms with E-state index in [1.54, 1.807) is 15.2 Å². The first-order chi connectivity index (χ1) is 2.41. The third kappa shape index (κ3) is 508. The molecule has 5 heavy (non-hydrogen) atoms. The van der Waals surface area contributed by atoms with Crippen molar-refractivity contribution in [2.75, 3.05) is 0 Å². The van der Waals surface area contributed by atoms with Crippen LogP contribution < -0.4 is 0 Å². The summed E-state index contributed by atoms with van der Waals surface area (Å²) in [6.45, 7) is 5.25. The Kier molecular flexibility index (Phi) is 77.7. The summed E-state index contributed by atoms with van der Waals surface area (Å²) in [6.07, 6.45) is 1.75. The zero-order valence-corrected chi connectivity index (χ0v) is 4.19. The molecule has 0 aromatic carbocycles. The number of hydrogen-bond donors (Lipinski definition) is 0. The van der Waals surface area contributed by atoms with Crippen LogP contribution in [-0.2, 0) is 4.57 Å². The first-order valence-electron chi connectivity index (χ1n) is 1.19. The summed E-state index contributed by atoms with van der Waals surface area (Å²) in [4.78, 5) is 0. The Morgan fingerprint density at radius 3 is 1.80 bits per heavy atom. The molecule has 0 aliphatic rings. The molecule has 0 rings (SSSR count). The number of hydrogen-bond acceptors (Lipinski definition) is 1. The van der Waals surface area contributed by atoms with Gasteiger partial charge < -0.3 is 0 Å². The van der Waals surface area contributed by atoms with E-state index in [0.717, 1.165) is 0 Å². The molecular formula is C3H7OP. The average molecular weight is 90.1 g/mol. The highest BCUT2D eigenvalue weighted by atomic mass is 31.0. The van der Waals surface area contributed by atoms with Crippen LogP contribution in [0.2, 0.25) is 0 Å². The first-order valence-corrected chi connectivity index (χ1v) is 1.60. The quantitative estimate of drug-likeness (QED) is 0.326. The van der Waals surface area contributed by atoms with Crippen molar-refractivity contribution >= 4 is 9.12 Å². The lowest BCUT2D eigenvalue weighted by molar-refractivity contribution is 0.607. The van der Waals surface area contributed by atoms with Crippen LogP contribution >= 0.6 is 9.12 Å². The Hall–Kier alpha value is -0.160. The van der Waals surface area contributed by atoms with Gasteiger partial charge in [0.1, 0.15) is 9.12 Å². The van der Waals surface area contributed by atoms with Crippen molar-refractivity contribution in [1.82, 2.24) is 0 Å². The van der Waals surface area contributed by atoms with Crippen molar-refractivity contribution in [3.8, 4) is 0 Å². The van der Waals surface area contributed by atoms with E-state index in [9.17, 15) is 0 Å². The van der Waals surface area contributed by atoms with Gasteiger partial charge in [-0.05, 0) is 6.92 Å². The minimum atomic E-state index is 1.72. The normalized spacial score (nSPS) is 3.40. The minimum absolute atomic E-state index is 1.72. The van der Waals surface area contributed by atoms with Gasteiger partial charge in [-0.15, -0.1) is 6.58 Å². The second-order valence-corrected chi connectivity index (χ2v) is 0.408. The predicted molar refractivity (Wildman–Crippen MR) is 24.9 cm³/mol. The highest BCUT2D eigenvalue weighted by Gasteiger charge is 1.15. The number of rotatable bonds is 0. The van der Waals surface area contributed by atoms with Gasteiger partial charge in [-0.25, -0.2) is 0 Å². The summed E-state index contributed by atoms with van der Waals surface area (Å²) in [5.41, 5.74) is 0. The minimum Gasteiger partial charge on any atom is -0.279 e. The second kappa shape index (κ2) is 43.9. The Labute approximate surface area is 34.3 Å². The molecule has 0 atom stereocenters. The molecule has 0 aliphatic heterocycles. The van der Waals surface area contributed by atoms with Gasteiger partial charge in [0.2, 0.25) is 0 Å². The molecule has 0 amide bonds. The summed E-state index contributed by atoms with van der Waals surface area (Å²) >= 11 is 0. The Morgan fingerprint density at radius 2 is 1.80 bits per heavy atom. The maximum absolute atomic E-state index is 8.06. The highest BCUT2D eigenvalue weighted by molar-refractivity contribution is 7.00. The lowest BCUT2D eigenvalue weighted by atomic mass is 10.8. The van der Waals surface area contributed by atoms with Crippen LogP contribution in [0.25, 0.3) is 0 Å². The van der Waals surface area contributed by atoms with Crippen LogP contribution in [-0.4, -0.2) is 0 Å². The monoisotopic (exact) mass is 90.0 g/mol. The molecule has 0 radical (unpaired) electrons. The predicted octanol–water partition coefficient (Wildman–Crippen LogP) is 1.67. The van der Waals surface area contributed by atoms with E-state index >= 15 is 0 Å². The molecule has 0 saturated carbocycles. The van der Waals surface area contributed by atoms with Gasteiger partial charge in [0.05, 0.1) is 0 Å². The molecule has 0 spiro atoms. The van der Waals surface area contributed by atoms with Crippen molar-refractivity contribution in [2.24, 2.45) is 0 Å². The fourth-order valence-electron chi connectivity index (χ4n) is 0. The average Bonchev–Trinajstić information content (AvgIpc) is 1.46. The third-order valence-electron chi connectivity index (χ3n) is 0. The summed E-state index contributed by atoms with van der Waals surface area (Å²) in [7, 11) is 1.72. The van der Waals surface area contributed by atoms with Gasteiger partial charge in [0, 0.05) is 0 Å². The van der Waals surface area contributed by atoms with E-state index in [-0.39, 0.29) is 0 Å². The molecule has 1 nitrogen and oxygen atoms in total. The Bertz CT molecular complexity index is 20.9. The second-order valence-electron chi connectivity index (χ2n) is 0.408. The molecule has 0 aromatic heterocycles. The van der Waals surface area contributed by atoms with Gasteiger partial charge >= 0.3 is 0 Å². The van der Waals surface area contributed by atoms with Gasteiger partial charge in [0.15, 0.2) is 0 Å². The van der Waals surface area contributed by atoms with Crippen LogP contribution in [0.5, 0.6) is 0 Å². The van der Waals surface area contributed by atoms with E-state index in [0.29, 0.717) is 0 Å². The molecule has 0 saturated heterocycles. The summed E-state index contributed by atoms with van der Waals surface area (Å²) in [5.74, 6) is 0. The Balaban J connectivity index is 0. The summed E-state index contributed by atoms with van der Waals surface area (Å²) < 4.78 is 8.06. The maximum Gasteiger partial charge on any atom is 0.138 e. The first kappa shape index (κ1) is 8.85. The van der Waals surface area contributed by atoms with E-state index in [1.807, 2.05) is 6.92 Å². The van der Waals surface area contributed by atoms with Gasteiger partial charge in [0.25, 0.3) is 0 Å². The summed E-state index contributed by atoms with van der Waals surface area (Å²) in [5, 5.41) is 0. The molecule has 0 bridgehead atoms. The van der Waals surface area contributed by atoms with Gasteiger partial charge in [-0.2, -0.15) is 0 Å². The van der Waals surface area contributed by atoms with E-state index in [1.165, 1.54) is 0 Å². The molecule has 2 heteroatoms. The van der Waals surface area contributed by atoms with E-state index in [2.05, 4.69) is 6.58 Å². The van der Waals surface area contributed by atoms with Crippen LogP contribution in [0.3, 0.4) is 0 Å². The molecule has 0 aliphatic carbocycles. The Morgan fingerprint density at radius 1 is 1.80 bits per heavy atom. The van der Waals surface area contributed by atoms with E-state index in [4.69, 9.17) is 4.57 Å². The smallest absolute Gasteiger partial charge is 0.138 e. The molecule has 0 heterocycles.